The molecule has 1 rings (SSSR count). The maximum absolute atomic E-state index is 12.3. The predicted octanol–water partition coefficient (Wildman–Crippen LogP) is 1.39. The van der Waals surface area contributed by atoms with E-state index in [0.29, 0.717) is 0 Å². The first-order valence-corrected chi connectivity index (χ1v) is 6.60. The second-order valence-electron chi connectivity index (χ2n) is 5.17. The molecule has 0 aliphatic carbocycles. The molecule has 100 valence electrons. The summed E-state index contributed by atoms with van der Waals surface area (Å²) in [4.78, 5) is 14.2. The van der Waals surface area contributed by atoms with E-state index in [2.05, 4.69) is 13.8 Å². The Kier molecular flexibility index (Phi) is 5.40. The van der Waals surface area contributed by atoms with Gasteiger partial charge in [-0.05, 0) is 25.7 Å². The van der Waals surface area contributed by atoms with E-state index >= 15 is 0 Å². The molecule has 1 aliphatic heterocycles. The van der Waals surface area contributed by atoms with Crippen molar-refractivity contribution in [1.29, 1.82) is 0 Å². The summed E-state index contributed by atoms with van der Waals surface area (Å²) in [6.45, 7) is 6.95. The maximum Gasteiger partial charge on any atom is 0.240 e. The van der Waals surface area contributed by atoms with E-state index in [1.165, 1.54) is 0 Å². The number of nitrogens with zero attached hydrogens (tertiary/aromatic N) is 1. The molecule has 1 heterocycles. The minimum Gasteiger partial charge on any atom is -0.381 e. The van der Waals surface area contributed by atoms with Gasteiger partial charge in [-0.25, -0.2) is 0 Å². The van der Waals surface area contributed by atoms with Crippen LogP contribution in [0.4, 0.5) is 0 Å². The van der Waals surface area contributed by atoms with Gasteiger partial charge in [-0.3, -0.25) is 4.79 Å². The first kappa shape index (κ1) is 14.5. The number of ether oxygens (including phenoxy) is 1. The Balaban J connectivity index is 2.58. The van der Waals surface area contributed by atoms with E-state index in [9.17, 15) is 4.79 Å². The Morgan fingerprint density at radius 3 is 2.71 bits per heavy atom. The largest absolute Gasteiger partial charge is 0.381 e. The summed E-state index contributed by atoms with van der Waals surface area (Å²) >= 11 is 0. The topological polar surface area (TPSA) is 55.6 Å². The fourth-order valence-electron chi connectivity index (χ4n) is 2.36. The van der Waals surface area contributed by atoms with E-state index < -0.39 is 0 Å². The monoisotopic (exact) mass is 242 g/mol. The standard InChI is InChI=1S/C13H26N2O2/c1-5-9(2)12(14)13(16)15-7-6-11(17-4)8-10(15)3/h9-12H,5-8,14H2,1-4H3/t9?,10?,11?,12-/m0/s1. The Morgan fingerprint density at radius 1 is 1.59 bits per heavy atom. The summed E-state index contributed by atoms with van der Waals surface area (Å²) < 4.78 is 5.35. The SMILES string of the molecule is CCC(C)[C@H](N)C(=O)N1CCC(OC)CC1C. The third-order valence-electron chi connectivity index (χ3n) is 3.99. The van der Waals surface area contributed by atoms with Crippen molar-refractivity contribution >= 4 is 5.91 Å². The van der Waals surface area contributed by atoms with Crippen LogP contribution in [-0.2, 0) is 9.53 Å². The third-order valence-corrected chi connectivity index (χ3v) is 3.99. The van der Waals surface area contributed by atoms with Crippen LogP contribution in [0.1, 0.15) is 40.0 Å². The van der Waals surface area contributed by atoms with Crippen LogP contribution in [0.3, 0.4) is 0 Å². The lowest BCUT2D eigenvalue weighted by Gasteiger charge is -2.39. The zero-order valence-electron chi connectivity index (χ0n) is 11.5. The van der Waals surface area contributed by atoms with Crippen molar-refractivity contribution < 1.29 is 9.53 Å². The van der Waals surface area contributed by atoms with Crippen molar-refractivity contribution in [3.63, 3.8) is 0 Å². The zero-order chi connectivity index (χ0) is 13.0. The molecule has 1 fully saturated rings. The second-order valence-corrected chi connectivity index (χ2v) is 5.17. The summed E-state index contributed by atoms with van der Waals surface area (Å²) in [6.07, 6.45) is 3.05. The van der Waals surface area contributed by atoms with Gasteiger partial charge in [0.15, 0.2) is 0 Å². The number of rotatable bonds is 4. The minimum absolute atomic E-state index is 0.0985. The lowest BCUT2D eigenvalue weighted by Crippen LogP contribution is -2.53. The van der Waals surface area contributed by atoms with Crippen LogP contribution < -0.4 is 5.73 Å². The Bertz CT molecular complexity index is 258. The molecule has 0 radical (unpaired) electrons. The molecule has 17 heavy (non-hydrogen) atoms. The van der Waals surface area contributed by atoms with Gasteiger partial charge in [0.05, 0.1) is 12.1 Å². The van der Waals surface area contributed by atoms with Crippen LogP contribution in [0.2, 0.25) is 0 Å². The summed E-state index contributed by atoms with van der Waals surface area (Å²) in [5, 5.41) is 0. The van der Waals surface area contributed by atoms with Crippen molar-refractivity contribution in [1.82, 2.24) is 4.90 Å². The summed E-state index contributed by atoms with van der Waals surface area (Å²) in [5.74, 6) is 0.344. The van der Waals surface area contributed by atoms with Gasteiger partial charge in [0.25, 0.3) is 0 Å². The summed E-state index contributed by atoms with van der Waals surface area (Å²) in [5.41, 5.74) is 6.01. The number of piperidine rings is 1. The number of likely N-dealkylation sites (tertiary alicyclic amines) is 1. The molecule has 2 N–H and O–H groups in total. The molecule has 0 aromatic carbocycles. The number of hydrogen-bond donors (Lipinski definition) is 1. The first-order valence-electron chi connectivity index (χ1n) is 6.60. The zero-order valence-corrected chi connectivity index (χ0v) is 11.5. The molecular weight excluding hydrogens is 216 g/mol. The highest BCUT2D eigenvalue weighted by molar-refractivity contribution is 5.82. The normalized spacial score (nSPS) is 28.9. The van der Waals surface area contributed by atoms with Crippen LogP contribution in [0, 0.1) is 5.92 Å². The van der Waals surface area contributed by atoms with Crippen molar-refractivity contribution in [3.05, 3.63) is 0 Å². The van der Waals surface area contributed by atoms with Gasteiger partial charge >= 0.3 is 0 Å². The molecule has 0 bridgehead atoms. The summed E-state index contributed by atoms with van der Waals surface area (Å²) in [7, 11) is 1.74. The molecule has 0 saturated carbocycles. The fourth-order valence-corrected chi connectivity index (χ4v) is 2.36. The van der Waals surface area contributed by atoms with Gasteiger partial charge in [-0.1, -0.05) is 20.3 Å². The van der Waals surface area contributed by atoms with Crippen LogP contribution in [0.5, 0.6) is 0 Å². The number of hydrogen-bond acceptors (Lipinski definition) is 3. The average molecular weight is 242 g/mol. The first-order chi connectivity index (χ1) is 8.01. The lowest BCUT2D eigenvalue weighted by molar-refractivity contribution is -0.139. The van der Waals surface area contributed by atoms with Crippen molar-refractivity contribution in [2.45, 2.75) is 58.2 Å². The molecule has 4 nitrogen and oxygen atoms in total. The molecule has 0 aromatic rings. The highest BCUT2D eigenvalue weighted by Crippen LogP contribution is 2.21. The van der Waals surface area contributed by atoms with Gasteiger partial charge in [0.1, 0.15) is 0 Å². The highest BCUT2D eigenvalue weighted by atomic mass is 16.5. The fraction of sp³-hybridized carbons (Fsp3) is 0.923. The molecule has 0 aromatic heterocycles. The van der Waals surface area contributed by atoms with Gasteiger partial charge in [0, 0.05) is 19.7 Å². The second kappa shape index (κ2) is 6.36. The maximum atomic E-state index is 12.3. The van der Waals surface area contributed by atoms with Gasteiger partial charge in [-0.2, -0.15) is 0 Å². The molecular formula is C13H26N2O2. The summed E-state index contributed by atoms with van der Waals surface area (Å²) in [6, 6.07) is -0.127. The number of amides is 1. The molecule has 1 amide bonds. The van der Waals surface area contributed by atoms with Crippen LogP contribution >= 0.6 is 0 Å². The van der Waals surface area contributed by atoms with E-state index in [0.717, 1.165) is 25.8 Å². The number of carbonyl (C=O) groups excluding carboxylic acids is 1. The van der Waals surface area contributed by atoms with Gasteiger partial charge < -0.3 is 15.4 Å². The number of carbonyl (C=O) groups is 1. The van der Waals surface area contributed by atoms with Gasteiger partial charge in [0.2, 0.25) is 5.91 Å². The third kappa shape index (κ3) is 3.42. The van der Waals surface area contributed by atoms with E-state index in [1.54, 1.807) is 7.11 Å². The van der Waals surface area contributed by atoms with Crippen molar-refractivity contribution in [3.8, 4) is 0 Å². The minimum atomic E-state index is -0.360. The molecule has 0 spiro atoms. The van der Waals surface area contributed by atoms with E-state index in [-0.39, 0.29) is 30.0 Å². The van der Waals surface area contributed by atoms with Crippen molar-refractivity contribution in [2.75, 3.05) is 13.7 Å². The molecule has 4 heteroatoms. The predicted molar refractivity (Wildman–Crippen MR) is 68.6 cm³/mol. The average Bonchev–Trinajstić information content (AvgIpc) is 2.35. The van der Waals surface area contributed by atoms with E-state index in [4.69, 9.17) is 10.5 Å². The van der Waals surface area contributed by atoms with Crippen LogP contribution in [0.25, 0.3) is 0 Å². The lowest BCUT2D eigenvalue weighted by atomic mass is 9.95. The Labute approximate surface area is 104 Å². The van der Waals surface area contributed by atoms with Gasteiger partial charge in [-0.15, -0.1) is 0 Å². The van der Waals surface area contributed by atoms with Crippen LogP contribution in [-0.4, -0.2) is 42.6 Å². The van der Waals surface area contributed by atoms with E-state index in [1.807, 2.05) is 11.8 Å². The Morgan fingerprint density at radius 2 is 2.24 bits per heavy atom. The highest BCUT2D eigenvalue weighted by Gasteiger charge is 2.32. The van der Waals surface area contributed by atoms with Crippen molar-refractivity contribution in [2.24, 2.45) is 11.7 Å². The Hall–Kier alpha value is -0.610. The molecule has 1 aliphatic rings. The molecule has 1 saturated heterocycles. The van der Waals surface area contributed by atoms with Crippen LogP contribution in [0.15, 0.2) is 0 Å². The smallest absolute Gasteiger partial charge is 0.240 e. The number of methoxy groups -OCH3 is 1. The molecule has 3 unspecified atom stereocenters. The quantitative estimate of drug-likeness (QED) is 0.810. The number of nitrogens with two attached hydrogens (primary N) is 1. The molecule has 4 atom stereocenters.